The highest BCUT2D eigenvalue weighted by atomic mass is 79.9. The third-order valence-corrected chi connectivity index (χ3v) is 3.42. The summed E-state index contributed by atoms with van der Waals surface area (Å²) in [6, 6.07) is 3.60. The smallest absolute Gasteiger partial charge is 0.246 e. The summed E-state index contributed by atoms with van der Waals surface area (Å²) in [7, 11) is 0. The Bertz CT molecular complexity index is 463. The van der Waals surface area contributed by atoms with E-state index in [-0.39, 0.29) is 10.6 Å². The Morgan fingerprint density at radius 2 is 1.94 bits per heavy atom. The maximum Gasteiger partial charge on any atom is 0.246 e. The van der Waals surface area contributed by atoms with Crippen molar-refractivity contribution in [3.63, 3.8) is 0 Å². The van der Waals surface area contributed by atoms with E-state index in [2.05, 4.69) is 31.9 Å². The first-order valence-electron chi connectivity index (χ1n) is 5.46. The molecule has 0 spiro atoms. The summed E-state index contributed by atoms with van der Waals surface area (Å²) in [6.07, 6.45) is 1.95. The van der Waals surface area contributed by atoms with E-state index >= 15 is 0 Å². The number of nitrogens with zero attached hydrogens (tertiary/aromatic N) is 1. The number of benzene rings is 1. The lowest BCUT2D eigenvalue weighted by atomic mass is 10.1. The van der Waals surface area contributed by atoms with E-state index in [1.165, 1.54) is 0 Å². The van der Waals surface area contributed by atoms with Crippen LogP contribution < -0.4 is 4.74 Å². The summed E-state index contributed by atoms with van der Waals surface area (Å²) in [4.78, 5) is 10.4. The fraction of sp³-hybridized carbons (Fsp3) is 0.333. The maximum atomic E-state index is 10.8. The minimum Gasteiger partial charge on any atom is -0.492 e. The monoisotopic (exact) mass is 377 g/mol. The average Bonchev–Trinajstić information content (AvgIpc) is 2.30. The molecule has 0 aromatic heterocycles. The second-order valence-electron chi connectivity index (χ2n) is 3.49. The molecule has 0 fully saturated rings. The average molecular weight is 379 g/mol. The van der Waals surface area contributed by atoms with Gasteiger partial charge in [0, 0.05) is 12.5 Å². The zero-order chi connectivity index (χ0) is 13.7. The molecule has 1 aromatic rings. The Morgan fingerprint density at radius 3 is 2.33 bits per heavy atom. The summed E-state index contributed by atoms with van der Waals surface area (Å²) in [6.45, 7) is 4.21. The molecular weight excluding hydrogens is 366 g/mol. The van der Waals surface area contributed by atoms with Gasteiger partial charge in [-0.15, -0.1) is 0 Å². The standard InChI is InChI=1S/C12H13Br2NO3/c1-3-9(15(16)17)5-8-6-10(13)12(18-4-2)11(14)7-8/h5-7H,3-4H2,1-2H3. The van der Waals surface area contributed by atoms with Gasteiger partial charge < -0.3 is 4.74 Å². The Morgan fingerprint density at radius 1 is 1.39 bits per heavy atom. The molecule has 0 radical (unpaired) electrons. The van der Waals surface area contributed by atoms with E-state index in [9.17, 15) is 10.1 Å². The Hall–Kier alpha value is -0.880. The van der Waals surface area contributed by atoms with E-state index in [0.29, 0.717) is 18.8 Å². The van der Waals surface area contributed by atoms with Gasteiger partial charge in [-0.1, -0.05) is 6.92 Å². The Labute approximate surface area is 122 Å². The quantitative estimate of drug-likeness (QED) is 0.554. The summed E-state index contributed by atoms with van der Waals surface area (Å²) in [5.74, 6) is 0.703. The van der Waals surface area contributed by atoms with Crippen molar-refractivity contribution in [2.45, 2.75) is 20.3 Å². The van der Waals surface area contributed by atoms with Gasteiger partial charge in [0.1, 0.15) is 5.75 Å². The molecule has 0 aliphatic heterocycles. The van der Waals surface area contributed by atoms with E-state index < -0.39 is 0 Å². The molecular formula is C12H13Br2NO3. The van der Waals surface area contributed by atoms with Crippen molar-refractivity contribution >= 4 is 37.9 Å². The molecule has 98 valence electrons. The molecule has 1 aromatic carbocycles. The minimum atomic E-state index is -0.363. The van der Waals surface area contributed by atoms with Gasteiger partial charge in [-0.2, -0.15) is 0 Å². The molecule has 0 N–H and O–H groups in total. The highest BCUT2D eigenvalue weighted by Gasteiger charge is 2.11. The van der Waals surface area contributed by atoms with Crippen LogP contribution in [0.1, 0.15) is 25.8 Å². The van der Waals surface area contributed by atoms with Gasteiger partial charge in [-0.3, -0.25) is 10.1 Å². The van der Waals surface area contributed by atoms with Crippen molar-refractivity contribution in [1.29, 1.82) is 0 Å². The van der Waals surface area contributed by atoms with Crippen molar-refractivity contribution in [3.8, 4) is 5.75 Å². The first-order valence-corrected chi connectivity index (χ1v) is 7.05. The van der Waals surface area contributed by atoms with Crippen LogP contribution in [0.5, 0.6) is 5.75 Å². The van der Waals surface area contributed by atoms with Crippen LogP contribution in [-0.2, 0) is 0 Å². The summed E-state index contributed by atoms with van der Waals surface area (Å²) < 4.78 is 6.99. The second kappa shape index (κ2) is 6.89. The Balaban J connectivity index is 3.17. The van der Waals surface area contributed by atoms with Crippen LogP contribution in [0.3, 0.4) is 0 Å². The minimum absolute atomic E-state index is 0.179. The van der Waals surface area contributed by atoms with Gasteiger partial charge in [-0.25, -0.2) is 0 Å². The number of allylic oxidation sites excluding steroid dienone is 1. The lowest BCUT2D eigenvalue weighted by Gasteiger charge is -2.09. The third kappa shape index (κ3) is 3.81. The zero-order valence-electron chi connectivity index (χ0n) is 10.1. The van der Waals surface area contributed by atoms with Gasteiger partial charge in [0.25, 0.3) is 0 Å². The molecule has 0 saturated heterocycles. The number of ether oxygens (including phenoxy) is 1. The molecule has 0 aliphatic carbocycles. The van der Waals surface area contributed by atoms with Gasteiger partial charge in [0.15, 0.2) is 0 Å². The molecule has 0 aliphatic rings. The second-order valence-corrected chi connectivity index (χ2v) is 5.20. The maximum absolute atomic E-state index is 10.8. The van der Waals surface area contributed by atoms with Gasteiger partial charge >= 0.3 is 0 Å². The first-order chi connectivity index (χ1) is 8.49. The predicted octanol–water partition coefficient (Wildman–Crippen LogP) is 4.64. The van der Waals surface area contributed by atoms with Crippen molar-refractivity contribution in [1.82, 2.24) is 0 Å². The van der Waals surface area contributed by atoms with E-state index in [4.69, 9.17) is 4.74 Å². The van der Waals surface area contributed by atoms with Crippen LogP contribution in [0, 0.1) is 10.1 Å². The summed E-state index contributed by atoms with van der Waals surface area (Å²) in [5.41, 5.74) is 0.934. The number of hydrogen-bond acceptors (Lipinski definition) is 3. The van der Waals surface area contributed by atoms with E-state index in [0.717, 1.165) is 14.5 Å². The van der Waals surface area contributed by atoms with Crippen LogP contribution in [0.2, 0.25) is 0 Å². The summed E-state index contributed by atoms with van der Waals surface area (Å²) >= 11 is 6.79. The highest BCUT2D eigenvalue weighted by molar-refractivity contribution is 9.11. The van der Waals surface area contributed by atoms with Crippen molar-refractivity contribution in [2.75, 3.05) is 6.61 Å². The molecule has 1 rings (SSSR count). The van der Waals surface area contributed by atoms with Gasteiger partial charge in [0.2, 0.25) is 5.70 Å². The summed E-state index contributed by atoms with van der Waals surface area (Å²) in [5, 5.41) is 10.8. The lowest BCUT2D eigenvalue weighted by molar-refractivity contribution is -0.425. The number of halogens is 2. The third-order valence-electron chi connectivity index (χ3n) is 2.24. The molecule has 6 heteroatoms. The van der Waals surface area contributed by atoms with Crippen LogP contribution >= 0.6 is 31.9 Å². The van der Waals surface area contributed by atoms with Crippen LogP contribution in [0.15, 0.2) is 26.8 Å². The normalized spacial score (nSPS) is 11.4. The first kappa shape index (κ1) is 15.2. The highest BCUT2D eigenvalue weighted by Crippen LogP contribution is 2.35. The molecule has 0 atom stereocenters. The van der Waals surface area contributed by atoms with Crippen molar-refractivity contribution in [3.05, 3.63) is 42.5 Å². The van der Waals surface area contributed by atoms with E-state index in [1.54, 1.807) is 25.1 Å². The van der Waals surface area contributed by atoms with Crippen LogP contribution in [-0.4, -0.2) is 11.5 Å². The zero-order valence-corrected chi connectivity index (χ0v) is 13.2. The fourth-order valence-corrected chi connectivity index (χ4v) is 2.87. The topological polar surface area (TPSA) is 52.4 Å². The molecule has 0 amide bonds. The van der Waals surface area contributed by atoms with Gasteiger partial charge in [0.05, 0.1) is 20.5 Å². The molecule has 0 bridgehead atoms. The molecule has 0 saturated carbocycles. The number of hydrogen-bond donors (Lipinski definition) is 0. The largest absolute Gasteiger partial charge is 0.492 e. The van der Waals surface area contributed by atoms with Crippen LogP contribution in [0.25, 0.3) is 6.08 Å². The predicted molar refractivity (Wildman–Crippen MR) is 78.3 cm³/mol. The molecule has 18 heavy (non-hydrogen) atoms. The van der Waals surface area contributed by atoms with Crippen molar-refractivity contribution in [2.24, 2.45) is 0 Å². The van der Waals surface area contributed by atoms with Crippen LogP contribution in [0.4, 0.5) is 0 Å². The lowest BCUT2D eigenvalue weighted by Crippen LogP contribution is -1.97. The number of rotatable bonds is 5. The molecule has 0 unspecified atom stereocenters. The number of nitro groups is 1. The molecule has 4 nitrogen and oxygen atoms in total. The Kier molecular flexibility index (Phi) is 5.81. The molecule has 0 heterocycles. The van der Waals surface area contributed by atoms with Crippen molar-refractivity contribution < 1.29 is 9.66 Å². The fourth-order valence-electron chi connectivity index (χ4n) is 1.42. The SMILES string of the molecule is CCOc1c(Br)cc(C=C(CC)[N+](=O)[O-])cc1Br. The van der Waals surface area contributed by atoms with Gasteiger partial charge in [-0.05, 0) is 56.5 Å². The van der Waals surface area contributed by atoms with E-state index in [1.807, 2.05) is 6.92 Å².